The first-order valence-corrected chi connectivity index (χ1v) is 8.52. The van der Waals surface area contributed by atoms with E-state index in [1.807, 2.05) is 42.3 Å². The highest BCUT2D eigenvalue weighted by Crippen LogP contribution is 2.35. The topological polar surface area (TPSA) is 59.1 Å². The van der Waals surface area contributed by atoms with Gasteiger partial charge in [-0.1, -0.05) is 36.4 Å². The number of rotatable bonds is 6. The molecule has 6 heteroatoms. The van der Waals surface area contributed by atoms with Gasteiger partial charge in [-0.05, 0) is 23.3 Å². The lowest BCUT2D eigenvalue weighted by Crippen LogP contribution is -2.30. The lowest BCUT2D eigenvalue weighted by atomic mass is 10.0. The van der Waals surface area contributed by atoms with E-state index in [1.54, 1.807) is 25.3 Å². The van der Waals surface area contributed by atoms with E-state index in [0.717, 1.165) is 10.5 Å². The fourth-order valence-electron chi connectivity index (χ4n) is 3.17. The van der Waals surface area contributed by atoms with Crippen molar-refractivity contribution in [2.45, 2.75) is 6.54 Å². The molecule has 27 heavy (non-hydrogen) atoms. The Bertz CT molecular complexity index is 906. The number of nitrogens with zero attached hydrogens (tertiary/aromatic N) is 2. The number of carbonyl (C=O) groups is 2. The minimum atomic E-state index is -0.331. The zero-order valence-corrected chi connectivity index (χ0v) is 15.9. The second kappa shape index (κ2) is 7.53. The van der Waals surface area contributed by atoms with Crippen LogP contribution in [0, 0.1) is 0 Å². The van der Waals surface area contributed by atoms with Gasteiger partial charge in [0.2, 0.25) is 0 Å². The van der Waals surface area contributed by atoms with Gasteiger partial charge in [-0.2, -0.15) is 0 Å². The van der Waals surface area contributed by atoms with Crippen LogP contribution in [0.3, 0.4) is 0 Å². The molecule has 0 radical (unpaired) electrons. The summed E-state index contributed by atoms with van der Waals surface area (Å²) < 4.78 is 10.6. The van der Waals surface area contributed by atoms with Crippen LogP contribution < -0.4 is 9.47 Å². The normalized spacial score (nSPS) is 14.0. The molecule has 1 aliphatic heterocycles. The monoisotopic (exact) mass is 366 g/mol. The van der Waals surface area contributed by atoms with E-state index in [1.165, 1.54) is 14.2 Å². The maximum atomic E-state index is 12.8. The number of hydrogen-bond acceptors (Lipinski definition) is 5. The van der Waals surface area contributed by atoms with Gasteiger partial charge in [-0.3, -0.25) is 14.5 Å². The number of carbonyl (C=O) groups excluding carboxylic acids is 2. The molecule has 0 N–H and O–H groups in total. The number of likely N-dealkylation sites (N-methyl/N-ethyl adjacent to an activating group) is 2. The number of benzene rings is 2. The first-order chi connectivity index (χ1) is 13.0. The van der Waals surface area contributed by atoms with Crippen LogP contribution in [0.15, 0.2) is 54.2 Å². The van der Waals surface area contributed by atoms with E-state index in [9.17, 15) is 9.59 Å². The average Bonchev–Trinajstić information content (AvgIpc) is 2.92. The predicted molar refractivity (Wildman–Crippen MR) is 102 cm³/mol. The zero-order valence-electron chi connectivity index (χ0n) is 15.9. The van der Waals surface area contributed by atoms with Crippen molar-refractivity contribution >= 4 is 17.4 Å². The molecule has 140 valence electrons. The Morgan fingerprint density at radius 3 is 2.22 bits per heavy atom. The molecular weight excluding hydrogens is 344 g/mol. The Morgan fingerprint density at radius 2 is 1.59 bits per heavy atom. The van der Waals surface area contributed by atoms with Crippen LogP contribution in [0.1, 0.15) is 11.1 Å². The lowest BCUT2D eigenvalue weighted by Gasteiger charge is -2.21. The summed E-state index contributed by atoms with van der Waals surface area (Å²) in [5.74, 6) is 0.416. The van der Waals surface area contributed by atoms with Crippen molar-refractivity contribution in [2.24, 2.45) is 0 Å². The van der Waals surface area contributed by atoms with Crippen molar-refractivity contribution in [3.63, 3.8) is 0 Å². The molecule has 6 nitrogen and oxygen atoms in total. The van der Waals surface area contributed by atoms with Gasteiger partial charge < -0.3 is 14.4 Å². The second-order valence-electron chi connectivity index (χ2n) is 6.30. The van der Waals surface area contributed by atoms with Gasteiger partial charge in [-0.25, -0.2) is 0 Å². The maximum Gasteiger partial charge on any atom is 0.277 e. The molecule has 0 unspecified atom stereocenters. The minimum Gasteiger partial charge on any atom is -0.493 e. The van der Waals surface area contributed by atoms with Gasteiger partial charge in [0.1, 0.15) is 5.70 Å². The Hall–Kier alpha value is -3.28. The lowest BCUT2D eigenvalue weighted by molar-refractivity contribution is -0.135. The van der Waals surface area contributed by atoms with E-state index in [4.69, 9.17) is 9.47 Å². The van der Waals surface area contributed by atoms with Crippen LogP contribution in [-0.2, 0) is 16.1 Å². The molecule has 0 aromatic heterocycles. The number of methoxy groups -OCH3 is 2. The van der Waals surface area contributed by atoms with Crippen molar-refractivity contribution in [1.82, 2.24) is 9.80 Å². The van der Waals surface area contributed by atoms with Crippen molar-refractivity contribution in [2.75, 3.05) is 28.3 Å². The van der Waals surface area contributed by atoms with Crippen molar-refractivity contribution in [3.05, 3.63) is 65.4 Å². The molecule has 0 saturated heterocycles. The first kappa shape index (κ1) is 18.5. The number of ether oxygens (including phenoxy) is 2. The number of hydrogen-bond donors (Lipinski definition) is 0. The highest BCUT2D eigenvalue weighted by molar-refractivity contribution is 6.35. The minimum absolute atomic E-state index is 0.316. The van der Waals surface area contributed by atoms with Crippen LogP contribution in [0.2, 0.25) is 0 Å². The third-order valence-corrected chi connectivity index (χ3v) is 4.58. The summed E-state index contributed by atoms with van der Waals surface area (Å²) in [5.41, 5.74) is 2.40. The van der Waals surface area contributed by atoms with Crippen LogP contribution in [0.25, 0.3) is 5.57 Å². The fraction of sp³-hybridized carbons (Fsp3) is 0.238. The Balaban J connectivity index is 2.07. The molecule has 2 aromatic carbocycles. The smallest absolute Gasteiger partial charge is 0.277 e. The Morgan fingerprint density at radius 1 is 0.926 bits per heavy atom. The van der Waals surface area contributed by atoms with E-state index < -0.39 is 0 Å². The molecule has 2 amide bonds. The molecular formula is C21H22N2O4. The third kappa shape index (κ3) is 3.38. The SMILES string of the molecule is COc1ccc(C2=C(N(C)Cc3ccccc3)C(=O)N(C)C2=O)cc1OC. The first-order valence-electron chi connectivity index (χ1n) is 8.52. The maximum absolute atomic E-state index is 12.8. The molecule has 1 heterocycles. The van der Waals surface area contributed by atoms with E-state index in [0.29, 0.717) is 34.9 Å². The van der Waals surface area contributed by atoms with E-state index >= 15 is 0 Å². The van der Waals surface area contributed by atoms with Crippen molar-refractivity contribution in [3.8, 4) is 11.5 Å². The average molecular weight is 366 g/mol. The molecule has 0 aliphatic carbocycles. The summed E-state index contributed by atoms with van der Waals surface area (Å²) in [7, 11) is 6.39. The second-order valence-corrected chi connectivity index (χ2v) is 6.30. The summed E-state index contributed by atoms with van der Waals surface area (Å²) >= 11 is 0. The van der Waals surface area contributed by atoms with Gasteiger partial charge in [0.25, 0.3) is 11.8 Å². The van der Waals surface area contributed by atoms with Crippen LogP contribution >= 0.6 is 0 Å². The van der Waals surface area contributed by atoms with Gasteiger partial charge in [0, 0.05) is 20.6 Å². The van der Waals surface area contributed by atoms with Gasteiger partial charge in [0.15, 0.2) is 11.5 Å². The number of amides is 2. The van der Waals surface area contributed by atoms with Gasteiger partial charge >= 0.3 is 0 Å². The Labute approximate surface area is 158 Å². The Kier molecular flexibility index (Phi) is 5.16. The fourth-order valence-corrected chi connectivity index (χ4v) is 3.17. The highest BCUT2D eigenvalue weighted by atomic mass is 16.5. The summed E-state index contributed by atoms with van der Waals surface area (Å²) in [6, 6.07) is 15.0. The van der Waals surface area contributed by atoms with Crippen LogP contribution in [0.5, 0.6) is 11.5 Å². The predicted octanol–water partition coefficient (Wildman–Crippen LogP) is 2.55. The van der Waals surface area contributed by atoms with E-state index in [2.05, 4.69) is 0 Å². The summed E-state index contributed by atoms with van der Waals surface area (Å²) in [4.78, 5) is 28.5. The van der Waals surface area contributed by atoms with E-state index in [-0.39, 0.29) is 11.8 Å². The molecule has 3 rings (SSSR count). The summed E-state index contributed by atoms with van der Waals surface area (Å²) in [6.45, 7) is 0.514. The van der Waals surface area contributed by atoms with Gasteiger partial charge in [-0.15, -0.1) is 0 Å². The molecule has 0 spiro atoms. The standard InChI is InChI=1S/C21H22N2O4/c1-22(13-14-8-6-5-7-9-14)19-18(20(24)23(2)21(19)25)15-10-11-16(26-3)17(12-15)27-4/h5-12H,13H2,1-4H3. The third-order valence-electron chi connectivity index (χ3n) is 4.58. The van der Waals surface area contributed by atoms with Gasteiger partial charge in [0.05, 0.1) is 19.8 Å². The molecule has 1 aliphatic rings. The molecule has 0 atom stereocenters. The van der Waals surface area contributed by atoms with Crippen LogP contribution in [-0.4, -0.2) is 49.9 Å². The molecule has 0 saturated carbocycles. The number of imide groups is 1. The van der Waals surface area contributed by atoms with Crippen molar-refractivity contribution in [1.29, 1.82) is 0 Å². The zero-order chi connectivity index (χ0) is 19.6. The largest absolute Gasteiger partial charge is 0.493 e. The summed E-state index contributed by atoms with van der Waals surface area (Å²) in [5, 5.41) is 0. The molecule has 2 aromatic rings. The summed E-state index contributed by atoms with van der Waals surface area (Å²) in [6.07, 6.45) is 0. The molecule has 0 fully saturated rings. The van der Waals surface area contributed by atoms with Crippen LogP contribution in [0.4, 0.5) is 0 Å². The quantitative estimate of drug-likeness (QED) is 0.736. The molecule has 0 bridgehead atoms. The van der Waals surface area contributed by atoms with Crippen molar-refractivity contribution < 1.29 is 19.1 Å². The highest BCUT2D eigenvalue weighted by Gasteiger charge is 2.38.